The fourth-order valence-corrected chi connectivity index (χ4v) is 3.32. The fraction of sp³-hybridized carbons (Fsp3) is 0.333. The van der Waals surface area contributed by atoms with Crippen molar-refractivity contribution in [2.75, 3.05) is 13.1 Å². The van der Waals surface area contributed by atoms with E-state index in [-0.39, 0.29) is 25.4 Å². The molecule has 26 heavy (non-hydrogen) atoms. The minimum Gasteiger partial charge on any atom is -0.481 e. The van der Waals surface area contributed by atoms with Crippen LogP contribution >= 0.6 is 35.6 Å². The lowest BCUT2D eigenvalue weighted by Crippen LogP contribution is -2.32. The van der Waals surface area contributed by atoms with Crippen LogP contribution in [0.4, 0.5) is 0 Å². The van der Waals surface area contributed by atoms with E-state index in [9.17, 15) is 4.79 Å². The minimum absolute atomic E-state index is 0. The third kappa shape index (κ3) is 5.24. The van der Waals surface area contributed by atoms with Gasteiger partial charge < -0.3 is 9.84 Å². The first-order valence-corrected chi connectivity index (χ1v) is 8.76. The number of aromatic nitrogens is 1. The Hall–Kier alpha value is -1.53. The molecule has 1 aromatic heterocycles. The number of ether oxygens (including phenoxy) is 1. The Bertz CT molecular complexity index is 766. The fourth-order valence-electron chi connectivity index (χ4n) is 2.82. The molecule has 0 atom stereocenters. The topological polar surface area (TPSA) is 62.7 Å². The van der Waals surface area contributed by atoms with E-state index in [0.717, 1.165) is 24.1 Å². The second-order valence-electron chi connectivity index (χ2n) is 5.95. The van der Waals surface area contributed by atoms with Gasteiger partial charge in [-0.05, 0) is 29.7 Å². The van der Waals surface area contributed by atoms with Crippen molar-refractivity contribution in [3.63, 3.8) is 0 Å². The Morgan fingerprint density at radius 1 is 1.27 bits per heavy atom. The van der Waals surface area contributed by atoms with Crippen LogP contribution in [0.1, 0.15) is 23.1 Å². The summed E-state index contributed by atoms with van der Waals surface area (Å²) in [5.74, 6) is -0.236. The number of carboxylic acids is 1. The second-order valence-corrected chi connectivity index (χ2v) is 6.76. The zero-order valence-electron chi connectivity index (χ0n) is 14.0. The van der Waals surface area contributed by atoms with E-state index >= 15 is 0 Å². The van der Waals surface area contributed by atoms with Gasteiger partial charge in [-0.3, -0.25) is 9.69 Å². The molecule has 140 valence electrons. The van der Waals surface area contributed by atoms with E-state index < -0.39 is 5.97 Å². The maximum atomic E-state index is 10.7. The Kier molecular flexibility index (Phi) is 7.53. The van der Waals surface area contributed by atoms with Crippen LogP contribution in [-0.2, 0) is 24.4 Å². The molecule has 1 N–H and O–H groups in total. The van der Waals surface area contributed by atoms with Crippen molar-refractivity contribution in [2.45, 2.75) is 26.0 Å². The van der Waals surface area contributed by atoms with Crippen LogP contribution in [0.2, 0.25) is 10.0 Å². The van der Waals surface area contributed by atoms with Crippen molar-refractivity contribution in [3.05, 3.63) is 57.2 Å². The number of hydrogen-bond donors (Lipinski definition) is 1. The van der Waals surface area contributed by atoms with Crippen molar-refractivity contribution in [1.82, 2.24) is 9.88 Å². The van der Waals surface area contributed by atoms with Crippen LogP contribution in [0.15, 0.2) is 30.5 Å². The Labute approximate surface area is 168 Å². The Balaban J connectivity index is 0.00000243. The van der Waals surface area contributed by atoms with E-state index in [2.05, 4.69) is 9.88 Å². The highest BCUT2D eigenvalue weighted by Crippen LogP contribution is 2.27. The van der Waals surface area contributed by atoms with Crippen molar-refractivity contribution in [2.24, 2.45) is 0 Å². The van der Waals surface area contributed by atoms with E-state index in [1.165, 1.54) is 5.56 Å². The van der Waals surface area contributed by atoms with Gasteiger partial charge in [0.05, 0.1) is 6.42 Å². The lowest BCUT2D eigenvalue weighted by atomic mass is 10.0. The third-order valence-corrected chi connectivity index (χ3v) is 4.93. The largest absolute Gasteiger partial charge is 0.481 e. The van der Waals surface area contributed by atoms with Crippen LogP contribution < -0.4 is 4.74 Å². The maximum absolute atomic E-state index is 10.7. The van der Waals surface area contributed by atoms with Gasteiger partial charge in [-0.25, -0.2) is 4.98 Å². The first kappa shape index (κ1) is 20.8. The first-order valence-electron chi connectivity index (χ1n) is 8.00. The van der Waals surface area contributed by atoms with Crippen molar-refractivity contribution in [1.29, 1.82) is 0 Å². The maximum Gasteiger partial charge on any atom is 0.304 e. The molecule has 1 aliphatic heterocycles. The number of nitrogens with zero attached hydrogens (tertiary/aromatic N) is 2. The molecule has 0 amide bonds. The highest BCUT2D eigenvalue weighted by molar-refractivity contribution is 6.35. The van der Waals surface area contributed by atoms with E-state index in [1.807, 2.05) is 6.07 Å². The summed E-state index contributed by atoms with van der Waals surface area (Å²) < 4.78 is 5.75. The molecular formula is C18H19Cl3N2O3. The standard InChI is InChI=1S/C18H18Cl2N2O3.ClH/c19-15-2-1-3-16(20)14(15)11-25-17-8-12-4-6-22(7-5-18(23)24)10-13(12)9-21-17;/h1-3,8-9H,4-7,10-11H2,(H,23,24);1H. The summed E-state index contributed by atoms with van der Waals surface area (Å²) in [6, 6.07) is 7.28. The zero-order chi connectivity index (χ0) is 17.8. The third-order valence-electron chi connectivity index (χ3n) is 4.22. The minimum atomic E-state index is -0.772. The smallest absolute Gasteiger partial charge is 0.304 e. The summed E-state index contributed by atoms with van der Waals surface area (Å²) in [5, 5.41) is 9.93. The molecular weight excluding hydrogens is 399 g/mol. The molecule has 8 heteroatoms. The lowest BCUT2D eigenvalue weighted by molar-refractivity contribution is -0.137. The van der Waals surface area contributed by atoms with Gasteiger partial charge in [0.2, 0.25) is 5.88 Å². The summed E-state index contributed by atoms with van der Waals surface area (Å²) in [6.07, 6.45) is 2.80. The Morgan fingerprint density at radius 3 is 2.69 bits per heavy atom. The molecule has 0 bridgehead atoms. The summed E-state index contributed by atoms with van der Waals surface area (Å²) in [5.41, 5.74) is 3.03. The molecule has 0 saturated heterocycles. The Morgan fingerprint density at radius 2 is 2.00 bits per heavy atom. The summed E-state index contributed by atoms with van der Waals surface area (Å²) in [4.78, 5) is 17.2. The molecule has 1 aliphatic rings. The molecule has 0 fully saturated rings. The molecule has 0 saturated carbocycles. The van der Waals surface area contributed by atoms with Crippen molar-refractivity contribution >= 4 is 41.6 Å². The number of carbonyl (C=O) groups is 1. The first-order chi connectivity index (χ1) is 12.0. The van der Waals surface area contributed by atoms with Gasteiger partial charge in [-0.1, -0.05) is 29.3 Å². The van der Waals surface area contributed by atoms with E-state index in [1.54, 1.807) is 24.4 Å². The predicted molar refractivity (Wildman–Crippen MR) is 104 cm³/mol. The van der Waals surface area contributed by atoms with Gasteiger partial charge in [0, 0.05) is 47.5 Å². The molecule has 0 unspecified atom stereocenters. The molecule has 0 spiro atoms. The highest BCUT2D eigenvalue weighted by atomic mass is 35.5. The van der Waals surface area contributed by atoms with Crippen LogP contribution in [0.25, 0.3) is 0 Å². The zero-order valence-corrected chi connectivity index (χ0v) is 16.3. The molecule has 2 aromatic rings. The number of benzene rings is 1. The number of rotatable bonds is 6. The molecule has 5 nitrogen and oxygen atoms in total. The van der Waals surface area contributed by atoms with Gasteiger partial charge in [0.25, 0.3) is 0 Å². The highest BCUT2D eigenvalue weighted by Gasteiger charge is 2.18. The van der Waals surface area contributed by atoms with Crippen LogP contribution in [-0.4, -0.2) is 34.0 Å². The monoisotopic (exact) mass is 416 g/mol. The number of pyridine rings is 1. The molecule has 2 heterocycles. The average molecular weight is 418 g/mol. The average Bonchev–Trinajstić information content (AvgIpc) is 2.59. The lowest BCUT2D eigenvalue weighted by Gasteiger charge is -2.28. The normalized spacial score (nSPS) is 13.6. The van der Waals surface area contributed by atoms with Gasteiger partial charge in [-0.15, -0.1) is 12.4 Å². The second kappa shape index (κ2) is 9.42. The SMILES string of the molecule is Cl.O=C(O)CCN1CCc2cc(OCc3c(Cl)cccc3Cl)ncc2C1. The molecule has 0 aliphatic carbocycles. The van der Waals surface area contributed by atoms with Crippen molar-refractivity contribution in [3.8, 4) is 5.88 Å². The number of aliphatic carboxylic acids is 1. The van der Waals surface area contributed by atoms with E-state index in [4.69, 9.17) is 33.0 Å². The van der Waals surface area contributed by atoms with Crippen LogP contribution in [0.3, 0.4) is 0 Å². The number of halogens is 3. The molecule has 0 radical (unpaired) electrons. The summed E-state index contributed by atoms with van der Waals surface area (Å²) in [7, 11) is 0. The van der Waals surface area contributed by atoms with Gasteiger partial charge in [0.15, 0.2) is 0 Å². The van der Waals surface area contributed by atoms with Gasteiger partial charge >= 0.3 is 5.97 Å². The molecule has 3 rings (SSSR count). The van der Waals surface area contributed by atoms with Gasteiger partial charge in [0.1, 0.15) is 6.61 Å². The number of hydrogen-bond acceptors (Lipinski definition) is 4. The van der Waals surface area contributed by atoms with Crippen molar-refractivity contribution < 1.29 is 14.6 Å². The van der Waals surface area contributed by atoms with Gasteiger partial charge in [-0.2, -0.15) is 0 Å². The summed E-state index contributed by atoms with van der Waals surface area (Å²) in [6.45, 7) is 2.36. The number of fused-ring (bicyclic) bond motifs is 1. The predicted octanol–water partition coefficient (Wildman–Crippen LogP) is 4.22. The van der Waals surface area contributed by atoms with E-state index in [0.29, 0.717) is 29.0 Å². The molecule has 1 aromatic carbocycles. The van der Waals surface area contributed by atoms with Crippen LogP contribution in [0, 0.1) is 0 Å². The summed E-state index contributed by atoms with van der Waals surface area (Å²) >= 11 is 12.3. The quantitative estimate of drug-likeness (QED) is 0.762. The van der Waals surface area contributed by atoms with Crippen LogP contribution in [0.5, 0.6) is 5.88 Å². The number of carboxylic acid groups (broad SMARTS) is 1.